The molecule has 4 nitrogen and oxygen atoms in total. The number of hydrogen-bond donors (Lipinski definition) is 1. The van der Waals surface area contributed by atoms with Crippen molar-refractivity contribution in [2.45, 2.75) is 19.4 Å². The topological polar surface area (TPSA) is 55.8 Å². The maximum Gasteiger partial charge on any atom is 0.342 e. The van der Waals surface area contributed by atoms with Crippen molar-refractivity contribution in [3.8, 4) is 11.5 Å². The zero-order chi connectivity index (χ0) is 15.2. The lowest BCUT2D eigenvalue weighted by Crippen LogP contribution is -2.28. The van der Waals surface area contributed by atoms with Gasteiger partial charge in [0, 0.05) is 16.3 Å². The van der Waals surface area contributed by atoms with Gasteiger partial charge in [0.1, 0.15) is 22.7 Å². The lowest BCUT2D eigenvalue weighted by molar-refractivity contribution is 0.0595. The molecule has 3 rings (SSSR count). The van der Waals surface area contributed by atoms with Gasteiger partial charge in [0.05, 0.1) is 7.11 Å². The van der Waals surface area contributed by atoms with Crippen LogP contribution in [0.2, 0.25) is 0 Å². The molecule has 0 saturated heterocycles. The van der Waals surface area contributed by atoms with E-state index in [1.54, 1.807) is 18.2 Å². The lowest BCUT2D eigenvalue weighted by Gasteiger charge is -2.30. The van der Waals surface area contributed by atoms with Crippen LogP contribution in [0.5, 0.6) is 11.5 Å². The van der Waals surface area contributed by atoms with Gasteiger partial charge in [-0.05, 0) is 19.9 Å². The standard InChI is InChI=1S/C17H16O4/c1-17(2)9-8-12-13(16(19)20-3)14(18)10-6-4-5-7-11(10)15(12)21-17/h4-9,18H,1-3H3. The number of hydrogen-bond acceptors (Lipinski definition) is 4. The fourth-order valence-electron chi connectivity index (χ4n) is 2.57. The van der Waals surface area contributed by atoms with Gasteiger partial charge in [-0.25, -0.2) is 4.79 Å². The first kappa shape index (κ1) is 13.5. The van der Waals surface area contributed by atoms with Crippen molar-refractivity contribution in [1.82, 2.24) is 0 Å². The minimum absolute atomic E-state index is 0.0795. The molecule has 0 aromatic heterocycles. The van der Waals surface area contributed by atoms with E-state index in [-0.39, 0.29) is 11.3 Å². The van der Waals surface area contributed by atoms with Crippen LogP contribution in [-0.4, -0.2) is 23.8 Å². The van der Waals surface area contributed by atoms with Crippen LogP contribution >= 0.6 is 0 Å². The Bertz CT molecular complexity index is 772. The van der Waals surface area contributed by atoms with Crippen LogP contribution in [0, 0.1) is 0 Å². The maximum absolute atomic E-state index is 12.0. The molecule has 0 unspecified atom stereocenters. The summed E-state index contributed by atoms with van der Waals surface area (Å²) in [6, 6.07) is 7.30. The minimum atomic E-state index is -0.581. The van der Waals surface area contributed by atoms with Crippen molar-refractivity contribution in [1.29, 1.82) is 0 Å². The SMILES string of the molecule is COC(=O)c1c2c(c3ccccc3c1O)OC(C)(C)C=C2. The summed E-state index contributed by atoms with van der Waals surface area (Å²) in [6.45, 7) is 3.87. The normalized spacial score (nSPS) is 15.4. The number of aromatic hydroxyl groups is 1. The number of carbonyl (C=O) groups is 1. The van der Waals surface area contributed by atoms with Crippen LogP contribution in [-0.2, 0) is 4.74 Å². The Kier molecular flexibility index (Phi) is 2.90. The number of esters is 1. The van der Waals surface area contributed by atoms with Gasteiger partial charge in [-0.15, -0.1) is 0 Å². The molecule has 0 spiro atoms. The quantitative estimate of drug-likeness (QED) is 0.814. The second-order valence-corrected chi connectivity index (χ2v) is 5.54. The Hall–Kier alpha value is -2.49. The highest BCUT2D eigenvalue weighted by atomic mass is 16.5. The van der Waals surface area contributed by atoms with E-state index in [4.69, 9.17) is 9.47 Å². The van der Waals surface area contributed by atoms with Crippen molar-refractivity contribution in [3.63, 3.8) is 0 Å². The Balaban J connectivity index is 2.43. The van der Waals surface area contributed by atoms with E-state index < -0.39 is 11.6 Å². The van der Waals surface area contributed by atoms with Crippen LogP contribution in [0.25, 0.3) is 16.8 Å². The van der Waals surface area contributed by atoms with Crippen LogP contribution in [0.4, 0.5) is 0 Å². The third-order valence-corrected chi connectivity index (χ3v) is 3.58. The summed E-state index contributed by atoms with van der Waals surface area (Å²) in [6.07, 6.45) is 3.66. The van der Waals surface area contributed by atoms with Crippen LogP contribution in [0.3, 0.4) is 0 Å². The number of rotatable bonds is 1. The first-order valence-corrected chi connectivity index (χ1v) is 6.69. The molecule has 0 amide bonds. The third-order valence-electron chi connectivity index (χ3n) is 3.58. The summed E-state index contributed by atoms with van der Waals surface area (Å²) in [5.41, 5.74) is 0.218. The molecule has 108 valence electrons. The molecule has 4 heteroatoms. The second-order valence-electron chi connectivity index (χ2n) is 5.54. The third kappa shape index (κ3) is 2.03. The van der Waals surface area contributed by atoms with E-state index in [0.29, 0.717) is 16.7 Å². The molecule has 0 radical (unpaired) electrons. The molecule has 2 aromatic carbocycles. The van der Waals surface area contributed by atoms with Gasteiger partial charge in [0.15, 0.2) is 0 Å². The monoisotopic (exact) mass is 284 g/mol. The van der Waals surface area contributed by atoms with E-state index in [1.165, 1.54) is 7.11 Å². The molecular formula is C17H16O4. The van der Waals surface area contributed by atoms with Crippen LogP contribution < -0.4 is 4.74 Å². The van der Waals surface area contributed by atoms with Gasteiger partial charge in [-0.2, -0.15) is 0 Å². The van der Waals surface area contributed by atoms with E-state index in [1.807, 2.05) is 32.1 Å². The number of fused-ring (bicyclic) bond motifs is 3. The fourth-order valence-corrected chi connectivity index (χ4v) is 2.57. The van der Waals surface area contributed by atoms with Crippen LogP contribution in [0.15, 0.2) is 30.3 Å². The highest BCUT2D eigenvalue weighted by molar-refractivity contribution is 6.08. The molecule has 0 aliphatic carbocycles. The molecule has 21 heavy (non-hydrogen) atoms. The van der Waals surface area contributed by atoms with Gasteiger partial charge in [0.25, 0.3) is 0 Å². The number of carbonyl (C=O) groups excluding carboxylic acids is 1. The van der Waals surface area contributed by atoms with Gasteiger partial charge in [-0.3, -0.25) is 0 Å². The number of methoxy groups -OCH3 is 1. The van der Waals surface area contributed by atoms with Crippen LogP contribution in [0.1, 0.15) is 29.8 Å². The smallest absolute Gasteiger partial charge is 0.342 e. The molecular weight excluding hydrogens is 268 g/mol. The number of phenolic OH excluding ortho intramolecular Hbond substituents is 1. The molecule has 1 aliphatic heterocycles. The molecule has 1 aliphatic rings. The number of benzene rings is 2. The number of phenols is 1. The first-order chi connectivity index (χ1) is 9.94. The second kappa shape index (κ2) is 4.52. The Morgan fingerprint density at radius 1 is 1.24 bits per heavy atom. The molecule has 0 fully saturated rings. The summed E-state index contributed by atoms with van der Waals surface area (Å²) in [5.74, 6) is -0.0667. The molecule has 1 heterocycles. The molecule has 2 aromatic rings. The molecule has 1 N–H and O–H groups in total. The predicted molar refractivity (Wildman–Crippen MR) is 80.7 cm³/mol. The van der Waals surface area contributed by atoms with Crippen molar-refractivity contribution in [2.24, 2.45) is 0 Å². The summed E-state index contributed by atoms with van der Waals surface area (Å²) >= 11 is 0. The molecule has 0 saturated carbocycles. The number of ether oxygens (including phenoxy) is 2. The van der Waals surface area contributed by atoms with Crippen molar-refractivity contribution in [3.05, 3.63) is 41.5 Å². The lowest BCUT2D eigenvalue weighted by atomic mass is 9.93. The van der Waals surface area contributed by atoms with Gasteiger partial charge in [0.2, 0.25) is 0 Å². The van der Waals surface area contributed by atoms with E-state index >= 15 is 0 Å². The largest absolute Gasteiger partial charge is 0.506 e. The Labute approximate surface area is 122 Å². The van der Waals surface area contributed by atoms with Gasteiger partial charge in [-0.1, -0.05) is 30.3 Å². The average molecular weight is 284 g/mol. The Morgan fingerprint density at radius 3 is 2.57 bits per heavy atom. The summed E-state index contributed by atoms with van der Waals surface area (Å²) < 4.78 is 10.8. The van der Waals surface area contributed by atoms with E-state index in [2.05, 4.69) is 0 Å². The maximum atomic E-state index is 12.0. The zero-order valence-corrected chi connectivity index (χ0v) is 12.1. The van der Waals surface area contributed by atoms with E-state index in [9.17, 15) is 9.90 Å². The minimum Gasteiger partial charge on any atom is -0.506 e. The predicted octanol–water partition coefficient (Wildman–Crippen LogP) is 3.52. The van der Waals surface area contributed by atoms with Crippen molar-refractivity contribution < 1.29 is 19.4 Å². The molecule has 0 atom stereocenters. The highest BCUT2D eigenvalue weighted by Crippen LogP contribution is 2.44. The summed E-state index contributed by atoms with van der Waals surface area (Å²) in [5, 5.41) is 11.8. The average Bonchev–Trinajstić information content (AvgIpc) is 2.47. The van der Waals surface area contributed by atoms with Gasteiger partial charge >= 0.3 is 5.97 Å². The molecule has 0 bridgehead atoms. The summed E-state index contributed by atoms with van der Waals surface area (Å²) in [7, 11) is 1.29. The van der Waals surface area contributed by atoms with Gasteiger partial charge < -0.3 is 14.6 Å². The fraction of sp³-hybridized carbons (Fsp3) is 0.235. The highest BCUT2D eigenvalue weighted by Gasteiger charge is 2.30. The Morgan fingerprint density at radius 2 is 1.90 bits per heavy atom. The summed E-state index contributed by atoms with van der Waals surface area (Å²) in [4.78, 5) is 12.0. The van der Waals surface area contributed by atoms with Crippen molar-refractivity contribution in [2.75, 3.05) is 7.11 Å². The van der Waals surface area contributed by atoms with Crippen molar-refractivity contribution >= 4 is 22.8 Å². The zero-order valence-electron chi connectivity index (χ0n) is 12.1. The van der Waals surface area contributed by atoms with E-state index in [0.717, 1.165) is 5.39 Å². The first-order valence-electron chi connectivity index (χ1n) is 6.69.